The second-order valence-electron chi connectivity index (χ2n) is 4.13. The fourth-order valence-corrected chi connectivity index (χ4v) is 1.70. The van der Waals surface area contributed by atoms with Crippen LogP contribution < -0.4 is 5.32 Å². The minimum atomic E-state index is 0.0588. The van der Waals surface area contributed by atoms with Gasteiger partial charge in [-0.2, -0.15) is 5.10 Å². The molecule has 0 fully saturated rings. The molecule has 2 aromatic rings. The molecule has 0 aliphatic carbocycles. The fraction of sp³-hybridized carbons (Fsp3) is 0.308. The van der Waals surface area contributed by atoms with Crippen LogP contribution in [0.4, 0.5) is 5.82 Å². The Balaban J connectivity index is 1.97. The molecule has 0 amide bonds. The van der Waals surface area contributed by atoms with Gasteiger partial charge in [0.2, 0.25) is 0 Å². The molecule has 2 rings (SSSR count). The van der Waals surface area contributed by atoms with E-state index in [9.17, 15) is 10.2 Å². The molecule has 0 atom stereocenters. The zero-order chi connectivity index (χ0) is 13.0. The van der Waals surface area contributed by atoms with Crippen molar-refractivity contribution in [1.82, 2.24) is 9.78 Å². The summed E-state index contributed by atoms with van der Waals surface area (Å²) in [5.74, 6) is 0.912. The van der Waals surface area contributed by atoms with E-state index >= 15 is 0 Å². The molecule has 1 aromatic heterocycles. The number of anilines is 1. The minimum Gasteiger partial charge on any atom is -0.508 e. The molecular weight excluding hydrogens is 230 g/mol. The van der Waals surface area contributed by atoms with E-state index in [0.717, 1.165) is 24.3 Å². The highest BCUT2D eigenvalue weighted by Crippen LogP contribution is 2.23. The maximum absolute atomic E-state index is 9.63. The van der Waals surface area contributed by atoms with Crippen LogP contribution in [0.25, 0.3) is 0 Å². The van der Waals surface area contributed by atoms with Crippen molar-refractivity contribution < 1.29 is 10.2 Å². The van der Waals surface area contributed by atoms with Gasteiger partial charge in [0, 0.05) is 37.0 Å². The molecule has 0 aliphatic heterocycles. The molecular formula is C13H17N3O2. The van der Waals surface area contributed by atoms with Crippen molar-refractivity contribution in [2.45, 2.75) is 26.4 Å². The minimum absolute atomic E-state index is 0.0588. The molecule has 96 valence electrons. The van der Waals surface area contributed by atoms with Gasteiger partial charge in [0.05, 0.1) is 0 Å². The van der Waals surface area contributed by atoms with Gasteiger partial charge in [-0.25, -0.2) is 0 Å². The van der Waals surface area contributed by atoms with E-state index in [1.54, 1.807) is 12.1 Å². The molecule has 0 aliphatic rings. The van der Waals surface area contributed by atoms with Crippen LogP contribution in [-0.2, 0) is 13.1 Å². The topological polar surface area (TPSA) is 70.3 Å². The van der Waals surface area contributed by atoms with Crippen LogP contribution in [0.1, 0.15) is 18.9 Å². The molecule has 5 heteroatoms. The molecule has 0 saturated carbocycles. The highest BCUT2D eigenvalue weighted by atomic mass is 16.3. The quantitative estimate of drug-likeness (QED) is 0.758. The summed E-state index contributed by atoms with van der Waals surface area (Å²) in [7, 11) is 0. The molecule has 0 unspecified atom stereocenters. The predicted molar refractivity (Wildman–Crippen MR) is 69.6 cm³/mol. The number of hydrogen-bond donors (Lipinski definition) is 3. The SMILES string of the molecule is CCCn1ccc(NCc2ccc(O)cc2O)n1. The molecule has 5 nitrogen and oxygen atoms in total. The Labute approximate surface area is 106 Å². The zero-order valence-electron chi connectivity index (χ0n) is 10.3. The lowest BCUT2D eigenvalue weighted by Crippen LogP contribution is -2.02. The van der Waals surface area contributed by atoms with Crippen molar-refractivity contribution in [3.63, 3.8) is 0 Å². The van der Waals surface area contributed by atoms with Crippen LogP contribution >= 0.6 is 0 Å². The van der Waals surface area contributed by atoms with Gasteiger partial charge in [-0.3, -0.25) is 4.68 Å². The van der Waals surface area contributed by atoms with E-state index < -0.39 is 0 Å². The summed E-state index contributed by atoms with van der Waals surface area (Å²) >= 11 is 0. The molecule has 0 spiro atoms. The maximum atomic E-state index is 9.63. The number of aromatic nitrogens is 2. The third-order valence-electron chi connectivity index (χ3n) is 2.62. The smallest absolute Gasteiger partial charge is 0.148 e. The van der Waals surface area contributed by atoms with Crippen LogP contribution in [0.15, 0.2) is 30.5 Å². The Kier molecular flexibility index (Phi) is 3.72. The summed E-state index contributed by atoms with van der Waals surface area (Å²) in [6.45, 7) is 3.46. The highest BCUT2D eigenvalue weighted by molar-refractivity contribution is 5.42. The van der Waals surface area contributed by atoms with E-state index in [1.165, 1.54) is 6.07 Å². The van der Waals surface area contributed by atoms with Crippen LogP contribution in [-0.4, -0.2) is 20.0 Å². The Bertz CT molecular complexity index is 523. The van der Waals surface area contributed by atoms with Crippen molar-refractivity contribution in [3.8, 4) is 11.5 Å². The van der Waals surface area contributed by atoms with E-state index in [2.05, 4.69) is 17.3 Å². The van der Waals surface area contributed by atoms with Gasteiger partial charge in [0.25, 0.3) is 0 Å². The summed E-state index contributed by atoms with van der Waals surface area (Å²) < 4.78 is 1.87. The lowest BCUT2D eigenvalue weighted by Gasteiger charge is -2.06. The largest absolute Gasteiger partial charge is 0.508 e. The average molecular weight is 247 g/mol. The van der Waals surface area contributed by atoms with E-state index in [-0.39, 0.29) is 11.5 Å². The van der Waals surface area contributed by atoms with Gasteiger partial charge in [-0.15, -0.1) is 0 Å². The third-order valence-corrected chi connectivity index (χ3v) is 2.62. The number of nitrogens with zero attached hydrogens (tertiary/aromatic N) is 2. The lowest BCUT2D eigenvalue weighted by atomic mass is 10.2. The normalized spacial score (nSPS) is 10.5. The van der Waals surface area contributed by atoms with Crippen molar-refractivity contribution >= 4 is 5.82 Å². The Morgan fingerprint density at radius 1 is 1.28 bits per heavy atom. The molecule has 0 bridgehead atoms. The zero-order valence-corrected chi connectivity index (χ0v) is 10.3. The number of aryl methyl sites for hydroxylation is 1. The van der Waals surface area contributed by atoms with Crippen molar-refractivity contribution in [3.05, 3.63) is 36.0 Å². The Hall–Kier alpha value is -2.17. The van der Waals surface area contributed by atoms with Gasteiger partial charge >= 0.3 is 0 Å². The monoisotopic (exact) mass is 247 g/mol. The number of hydrogen-bond acceptors (Lipinski definition) is 4. The van der Waals surface area contributed by atoms with E-state index in [4.69, 9.17) is 0 Å². The number of phenols is 2. The summed E-state index contributed by atoms with van der Waals surface area (Å²) in [6, 6.07) is 6.45. The maximum Gasteiger partial charge on any atom is 0.148 e. The van der Waals surface area contributed by atoms with Gasteiger partial charge in [0.1, 0.15) is 17.3 Å². The Morgan fingerprint density at radius 2 is 2.11 bits per heavy atom. The standard InChI is InChI=1S/C13H17N3O2/c1-2-6-16-7-5-13(15-16)14-9-10-3-4-11(17)8-12(10)18/h3-5,7-8,17-18H,2,6,9H2,1H3,(H,14,15). The van der Waals surface area contributed by atoms with Crippen molar-refractivity contribution in [1.29, 1.82) is 0 Å². The van der Waals surface area contributed by atoms with Crippen LogP contribution in [0, 0.1) is 0 Å². The molecule has 1 aromatic carbocycles. The second-order valence-corrected chi connectivity index (χ2v) is 4.13. The number of aromatic hydroxyl groups is 2. The van der Waals surface area contributed by atoms with Gasteiger partial charge in [0.15, 0.2) is 0 Å². The summed E-state index contributed by atoms with van der Waals surface area (Å²) in [5.41, 5.74) is 0.720. The molecule has 0 radical (unpaired) electrons. The Morgan fingerprint density at radius 3 is 2.83 bits per heavy atom. The highest BCUT2D eigenvalue weighted by Gasteiger charge is 2.03. The van der Waals surface area contributed by atoms with Crippen molar-refractivity contribution in [2.24, 2.45) is 0 Å². The predicted octanol–water partition coefficient (Wildman–Crippen LogP) is 2.32. The lowest BCUT2D eigenvalue weighted by molar-refractivity contribution is 0.446. The van der Waals surface area contributed by atoms with E-state index in [0.29, 0.717) is 6.54 Å². The van der Waals surface area contributed by atoms with Gasteiger partial charge in [-0.05, 0) is 18.6 Å². The molecule has 0 saturated heterocycles. The first kappa shape index (κ1) is 12.3. The first-order valence-corrected chi connectivity index (χ1v) is 5.97. The second kappa shape index (κ2) is 5.44. The molecule has 18 heavy (non-hydrogen) atoms. The van der Waals surface area contributed by atoms with Gasteiger partial charge in [-0.1, -0.05) is 6.92 Å². The molecule has 3 N–H and O–H groups in total. The first-order valence-electron chi connectivity index (χ1n) is 5.97. The van der Waals surface area contributed by atoms with Crippen LogP contribution in [0.2, 0.25) is 0 Å². The summed E-state index contributed by atoms with van der Waals surface area (Å²) in [5, 5.41) is 26.3. The fourth-order valence-electron chi connectivity index (χ4n) is 1.70. The van der Waals surface area contributed by atoms with Crippen LogP contribution in [0.5, 0.6) is 11.5 Å². The van der Waals surface area contributed by atoms with Crippen LogP contribution in [0.3, 0.4) is 0 Å². The number of benzene rings is 1. The molecule has 1 heterocycles. The number of phenolic OH excluding ortho intramolecular Hbond substituents is 2. The summed E-state index contributed by atoms with van der Waals surface area (Å²) in [4.78, 5) is 0. The third kappa shape index (κ3) is 2.94. The van der Waals surface area contributed by atoms with E-state index in [1.807, 2.05) is 16.9 Å². The van der Waals surface area contributed by atoms with Gasteiger partial charge < -0.3 is 15.5 Å². The number of nitrogens with one attached hydrogen (secondary N) is 1. The first-order chi connectivity index (χ1) is 8.69. The van der Waals surface area contributed by atoms with Crippen molar-refractivity contribution in [2.75, 3.05) is 5.32 Å². The summed E-state index contributed by atoms with van der Waals surface area (Å²) in [6.07, 6.45) is 2.96. The average Bonchev–Trinajstić information content (AvgIpc) is 2.76. The number of rotatable bonds is 5.